The van der Waals surface area contributed by atoms with E-state index in [2.05, 4.69) is 5.32 Å². The number of rotatable bonds is 11. The summed E-state index contributed by atoms with van der Waals surface area (Å²) in [5.74, 6) is -0.110. The first kappa shape index (κ1) is 29.5. The number of nitrogens with zero attached hydrogens (tertiary/aromatic N) is 2. The molecular weight excluding hydrogens is 538 g/mol. The molecule has 2 fully saturated rings. The van der Waals surface area contributed by atoms with Crippen LogP contribution in [0.1, 0.15) is 56.1 Å². The fraction of sp³-hybridized carbons (Fsp3) is 0.536. The second kappa shape index (κ2) is 12.8. The highest BCUT2D eigenvalue weighted by Gasteiger charge is 2.35. The summed E-state index contributed by atoms with van der Waals surface area (Å²) < 4.78 is 61.3. The largest absolute Gasteiger partial charge is 0.495 e. The lowest BCUT2D eigenvalue weighted by atomic mass is 9.95. The van der Waals surface area contributed by atoms with Crippen molar-refractivity contribution < 1.29 is 26.4 Å². The quantitative estimate of drug-likeness (QED) is 0.438. The van der Waals surface area contributed by atoms with E-state index in [1.54, 1.807) is 42.5 Å². The van der Waals surface area contributed by atoms with Gasteiger partial charge in [-0.3, -0.25) is 4.79 Å². The number of hydrogen-bond acceptors (Lipinski definition) is 6. The third-order valence-corrected chi connectivity index (χ3v) is 11.4. The summed E-state index contributed by atoms with van der Waals surface area (Å²) in [5, 5.41) is 2.85. The molecule has 2 aromatic rings. The molecule has 1 N–H and O–H groups in total. The van der Waals surface area contributed by atoms with Gasteiger partial charge in [0.15, 0.2) is 0 Å². The van der Waals surface area contributed by atoms with E-state index in [4.69, 9.17) is 4.74 Å². The molecule has 0 bridgehead atoms. The third-order valence-electron chi connectivity index (χ3n) is 7.55. The van der Waals surface area contributed by atoms with Gasteiger partial charge in [-0.05, 0) is 74.4 Å². The van der Waals surface area contributed by atoms with Crippen LogP contribution in [-0.2, 0) is 31.3 Å². The van der Waals surface area contributed by atoms with Gasteiger partial charge in [-0.15, -0.1) is 0 Å². The van der Waals surface area contributed by atoms with Gasteiger partial charge in [-0.25, -0.2) is 16.8 Å². The Balaban J connectivity index is 1.41. The van der Waals surface area contributed by atoms with Crippen molar-refractivity contribution in [1.82, 2.24) is 13.9 Å². The van der Waals surface area contributed by atoms with Crippen molar-refractivity contribution >= 4 is 26.0 Å². The van der Waals surface area contributed by atoms with E-state index in [1.165, 1.54) is 15.7 Å². The minimum atomic E-state index is -3.98. The first-order valence-electron chi connectivity index (χ1n) is 13.6. The van der Waals surface area contributed by atoms with E-state index in [1.807, 2.05) is 6.92 Å². The van der Waals surface area contributed by atoms with E-state index in [9.17, 15) is 21.6 Å². The summed E-state index contributed by atoms with van der Waals surface area (Å²) >= 11 is 0. The fourth-order valence-corrected chi connectivity index (χ4v) is 8.74. The van der Waals surface area contributed by atoms with Gasteiger partial charge >= 0.3 is 0 Å². The molecule has 1 saturated heterocycles. The van der Waals surface area contributed by atoms with Crippen LogP contribution in [0.2, 0.25) is 0 Å². The summed E-state index contributed by atoms with van der Waals surface area (Å²) in [7, 11) is -6.00. The highest BCUT2D eigenvalue weighted by atomic mass is 32.2. The molecule has 9 nitrogen and oxygen atoms in total. The van der Waals surface area contributed by atoms with Crippen molar-refractivity contribution in [3.05, 3.63) is 53.6 Å². The van der Waals surface area contributed by atoms with E-state index < -0.39 is 20.0 Å². The van der Waals surface area contributed by atoms with E-state index in [0.717, 1.165) is 43.2 Å². The minimum absolute atomic E-state index is 0.0762. The molecule has 0 spiro atoms. The summed E-state index contributed by atoms with van der Waals surface area (Å²) in [6.07, 6.45) is 6.60. The molecule has 1 aliphatic heterocycles. The number of carbonyl (C=O) groups excluding carboxylic acids is 1. The zero-order valence-electron chi connectivity index (χ0n) is 22.8. The molecule has 2 aromatic carbocycles. The van der Waals surface area contributed by atoms with Crippen LogP contribution in [0.15, 0.2) is 52.3 Å². The lowest BCUT2D eigenvalue weighted by molar-refractivity contribution is -0.121. The molecule has 1 saturated carbocycles. The molecule has 0 atom stereocenters. The maximum absolute atomic E-state index is 13.8. The molecule has 1 heterocycles. The standard InChI is InChI=1S/C28H39N3O6S2/c1-22-10-15-26(37-2)27(20-22)39(35,36)31(24-8-4-3-5-9-24)21-28(32)29-17-16-23-11-13-25(14-12-23)38(33,34)30-18-6-7-19-30/h10-15,20,24H,3-9,16-19,21H2,1-2H3,(H,29,32). The molecule has 1 amide bonds. The van der Waals surface area contributed by atoms with Gasteiger partial charge in [0.1, 0.15) is 10.6 Å². The Morgan fingerprint density at radius 2 is 1.64 bits per heavy atom. The number of sulfonamides is 2. The smallest absolute Gasteiger partial charge is 0.247 e. The van der Waals surface area contributed by atoms with Crippen molar-refractivity contribution in [2.24, 2.45) is 0 Å². The summed E-state index contributed by atoms with van der Waals surface area (Å²) in [6, 6.07) is 11.5. The fourth-order valence-electron chi connectivity index (χ4n) is 5.34. The summed E-state index contributed by atoms with van der Waals surface area (Å²) in [5.41, 5.74) is 1.68. The van der Waals surface area contributed by atoms with Crippen LogP contribution in [0.5, 0.6) is 5.75 Å². The number of amides is 1. The third kappa shape index (κ3) is 7.00. The molecule has 2 aliphatic rings. The van der Waals surface area contributed by atoms with Gasteiger partial charge in [-0.2, -0.15) is 8.61 Å². The summed E-state index contributed by atoms with van der Waals surface area (Å²) in [6.45, 7) is 2.98. The van der Waals surface area contributed by atoms with Gasteiger partial charge in [0.25, 0.3) is 0 Å². The zero-order valence-corrected chi connectivity index (χ0v) is 24.4. The first-order chi connectivity index (χ1) is 18.6. The SMILES string of the molecule is COc1ccc(C)cc1S(=O)(=O)N(CC(=O)NCCc1ccc(S(=O)(=O)N2CCCC2)cc1)C1CCCCC1. The van der Waals surface area contributed by atoms with Crippen molar-refractivity contribution in [3.63, 3.8) is 0 Å². The van der Waals surface area contributed by atoms with Gasteiger partial charge in [0.05, 0.1) is 18.6 Å². The highest BCUT2D eigenvalue weighted by Crippen LogP contribution is 2.32. The average Bonchev–Trinajstić information content (AvgIpc) is 3.49. The predicted molar refractivity (Wildman–Crippen MR) is 150 cm³/mol. The Morgan fingerprint density at radius 1 is 0.974 bits per heavy atom. The first-order valence-corrected chi connectivity index (χ1v) is 16.5. The van der Waals surface area contributed by atoms with E-state index in [0.29, 0.717) is 38.9 Å². The van der Waals surface area contributed by atoms with Crippen LogP contribution in [0.4, 0.5) is 0 Å². The molecule has 0 radical (unpaired) electrons. The summed E-state index contributed by atoms with van der Waals surface area (Å²) in [4.78, 5) is 13.3. The lowest BCUT2D eigenvalue weighted by Gasteiger charge is -2.33. The molecule has 214 valence electrons. The van der Waals surface area contributed by atoms with Gasteiger partial charge in [0.2, 0.25) is 26.0 Å². The number of aryl methyl sites for hydroxylation is 1. The van der Waals surface area contributed by atoms with Crippen LogP contribution in [0.3, 0.4) is 0 Å². The Morgan fingerprint density at radius 3 is 2.28 bits per heavy atom. The number of hydrogen-bond donors (Lipinski definition) is 1. The minimum Gasteiger partial charge on any atom is -0.495 e. The van der Waals surface area contributed by atoms with Gasteiger partial charge in [0, 0.05) is 25.7 Å². The second-order valence-corrected chi connectivity index (χ2v) is 14.1. The van der Waals surface area contributed by atoms with E-state index in [-0.39, 0.29) is 34.0 Å². The van der Waals surface area contributed by atoms with Crippen LogP contribution in [0, 0.1) is 6.92 Å². The topological polar surface area (TPSA) is 113 Å². The molecule has 0 aromatic heterocycles. The molecular formula is C28H39N3O6S2. The zero-order chi connectivity index (χ0) is 28.0. The number of benzene rings is 2. The number of ether oxygens (including phenoxy) is 1. The van der Waals surface area contributed by atoms with Crippen molar-refractivity contribution in [1.29, 1.82) is 0 Å². The number of methoxy groups -OCH3 is 1. The van der Waals surface area contributed by atoms with Crippen LogP contribution < -0.4 is 10.1 Å². The van der Waals surface area contributed by atoms with E-state index >= 15 is 0 Å². The van der Waals surface area contributed by atoms with Crippen LogP contribution in [0.25, 0.3) is 0 Å². The van der Waals surface area contributed by atoms with Crippen LogP contribution >= 0.6 is 0 Å². The van der Waals surface area contributed by atoms with Gasteiger partial charge in [-0.1, -0.05) is 37.5 Å². The van der Waals surface area contributed by atoms with Gasteiger partial charge < -0.3 is 10.1 Å². The molecule has 11 heteroatoms. The Labute approximate surface area is 232 Å². The maximum Gasteiger partial charge on any atom is 0.247 e. The maximum atomic E-state index is 13.8. The predicted octanol–water partition coefficient (Wildman–Crippen LogP) is 3.47. The monoisotopic (exact) mass is 577 g/mol. The van der Waals surface area contributed by atoms with Crippen molar-refractivity contribution in [2.75, 3.05) is 33.3 Å². The molecule has 39 heavy (non-hydrogen) atoms. The molecule has 1 aliphatic carbocycles. The Bertz CT molecular complexity index is 1350. The Hall–Kier alpha value is -2.47. The number of carbonyl (C=O) groups is 1. The highest BCUT2D eigenvalue weighted by molar-refractivity contribution is 7.89. The molecule has 4 rings (SSSR count). The lowest BCUT2D eigenvalue weighted by Crippen LogP contribution is -2.47. The van der Waals surface area contributed by atoms with Crippen molar-refractivity contribution in [2.45, 2.75) is 74.1 Å². The molecule has 0 unspecified atom stereocenters. The second-order valence-electron chi connectivity index (χ2n) is 10.4. The van der Waals surface area contributed by atoms with Crippen molar-refractivity contribution in [3.8, 4) is 5.75 Å². The number of nitrogens with one attached hydrogen (secondary N) is 1. The normalized spacial score (nSPS) is 17.4. The van der Waals surface area contributed by atoms with Crippen LogP contribution in [-0.4, -0.2) is 70.7 Å². The average molecular weight is 578 g/mol. The Kier molecular flexibility index (Phi) is 9.69.